The fourth-order valence-electron chi connectivity index (χ4n) is 9.34. The zero-order chi connectivity index (χ0) is 30.6. The number of fused-ring (bicyclic) bond motifs is 1. The molecule has 0 aromatic rings. The van der Waals surface area contributed by atoms with Gasteiger partial charge >= 0.3 is 0 Å². The molecular formula is C34H60BN5O2. The molecule has 5 fully saturated rings. The molecule has 0 bridgehead atoms. The number of hydrogen-bond donors (Lipinski definition) is 3. The highest BCUT2D eigenvalue weighted by molar-refractivity contribution is 6.12. The maximum Gasteiger partial charge on any atom is 0.226 e. The van der Waals surface area contributed by atoms with Crippen molar-refractivity contribution in [1.29, 1.82) is 0 Å². The molecule has 9 unspecified atom stereocenters. The van der Waals surface area contributed by atoms with E-state index in [2.05, 4.69) is 48.0 Å². The van der Waals surface area contributed by atoms with Gasteiger partial charge in [0.15, 0.2) is 5.78 Å². The topological polar surface area (TPSA) is 90.7 Å². The quantitative estimate of drug-likeness (QED) is 0.272. The van der Waals surface area contributed by atoms with Crippen LogP contribution in [0.4, 0.5) is 0 Å². The van der Waals surface area contributed by atoms with Crippen LogP contribution in [0.25, 0.3) is 0 Å². The van der Waals surface area contributed by atoms with Crippen LogP contribution in [0.2, 0.25) is 5.82 Å². The van der Waals surface area contributed by atoms with Crippen molar-refractivity contribution < 1.29 is 9.59 Å². The van der Waals surface area contributed by atoms with Crippen LogP contribution in [-0.4, -0.2) is 79.3 Å². The Balaban J connectivity index is 0.000000748. The first kappa shape index (κ1) is 33.7. The summed E-state index contributed by atoms with van der Waals surface area (Å²) in [5.74, 6) is 3.04. The SMILES string of the molecule is C=CC(C)=O.[B]C1CCC(C(=O)N2CCC3C(C(CCC)NN3C3CCC(C4CC4)CC3)C2CC)C(C(C)N)C1NC. The molecule has 2 radical (unpaired) electrons. The van der Waals surface area contributed by atoms with Gasteiger partial charge in [0.1, 0.15) is 0 Å². The van der Waals surface area contributed by atoms with E-state index in [4.69, 9.17) is 13.6 Å². The third-order valence-corrected chi connectivity index (χ3v) is 11.5. The summed E-state index contributed by atoms with van der Waals surface area (Å²) >= 11 is 0. The Labute approximate surface area is 257 Å². The molecule has 3 saturated carbocycles. The fourth-order valence-corrected chi connectivity index (χ4v) is 9.34. The van der Waals surface area contributed by atoms with Crippen LogP contribution < -0.4 is 16.5 Å². The number of allylic oxidation sites excluding steroid dienone is 1. The molecule has 8 heteroatoms. The van der Waals surface area contributed by atoms with Crippen molar-refractivity contribution in [2.24, 2.45) is 35.3 Å². The number of likely N-dealkylation sites (tertiary alicyclic amines) is 1. The third kappa shape index (κ3) is 7.35. The summed E-state index contributed by atoms with van der Waals surface area (Å²) in [7, 11) is 8.46. The Bertz CT molecular complexity index is 904. The van der Waals surface area contributed by atoms with Crippen LogP contribution in [0.5, 0.6) is 0 Å². The summed E-state index contributed by atoms with van der Waals surface area (Å²) in [6.07, 6.45) is 16.0. The highest BCUT2D eigenvalue weighted by Gasteiger charge is 2.53. The largest absolute Gasteiger partial charge is 0.339 e. The van der Waals surface area contributed by atoms with Gasteiger partial charge in [-0.1, -0.05) is 39.1 Å². The van der Waals surface area contributed by atoms with Crippen molar-refractivity contribution in [3.8, 4) is 0 Å². The molecule has 1 amide bonds. The zero-order valence-corrected chi connectivity index (χ0v) is 27.3. The highest BCUT2D eigenvalue weighted by Crippen LogP contribution is 2.47. The molecule has 5 aliphatic rings. The van der Waals surface area contributed by atoms with E-state index >= 15 is 0 Å². The Hall–Kier alpha value is -1.22. The minimum atomic E-state index is -0.0578. The lowest BCUT2D eigenvalue weighted by molar-refractivity contribution is -0.146. The summed E-state index contributed by atoms with van der Waals surface area (Å²) in [5, 5.41) is 6.14. The molecule has 2 aliphatic heterocycles. The smallest absolute Gasteiger partial charge is 0.226 e. The Kier molecular flexibility index (Phi) is 12.2. The Morgan fingerprint density at radius 2 is 1.69 bits per heavy atom. The summed E-state index contributed by atoms with van der Waals surface area (Å²) in [6.45, 7) is 12.2. The second-order valence-electron chi connectivity index (χ2n) is 14.2. The average molecular weight is 582 g/mol. The molecular weight excluding hydrogens is 521 g/mol. The summed E-state index contributed by atoms with van der Waals surface area (Å²) in [6, 6.07) is 2.05. The van der Waals surface area contributed by atoms with Crippen molar-refractivity contribution in [2.45, 2.75) is 147 Å². The maximum absolute atomic E-state index is 14.3. The van der Waals surface area contributed by atoms with Gasteiger partial charge in [-0.3, -0.25) is 15.0 Å². The lowest BCUT2D eigenvalue weighted by atomic mass is 9.61. The number of hydrogen-bond acceptors (Lipinski definition) is 6. The van der Waals surface area contributed by atoms with Gasteiger partial charge in [-0.25, -0.2) is 5.01 Å². The first-order chi connectivity index (χ1) is 20.2. The van der Waals surface area contributed by atoms with Crippen LogP contribution in [0.3, 0.4) is 0 Å². The van der Waals surface area contributed by atoms with Crippen LogP contribution in [0.15, 0.2) is 12.7 Å². The van der Waals surface area contributed by atoms with Crippen LogP contribution in [0.1, 0.15) is 105 Å². The molecule has 9 atom stereocenters. The molecule has 3 aliphatic carbocycles. The number of nitrogens with two attached hydrogens (primary N) is 1. The Morgan fingerprint density at radius 1 is 1.07 bits per heavy atom. The van der Waals surface area contributed by atoms with E-state index in [1.165, 1.54) is 64.4 Å². The van der Waals surface area contributed by atoms with Gasteiger partial charge < -0.3 is 16.0 Å². The minimum Gasteiger partial charge on any atom is -0.339 e. The van der Waals surface area contributed by atoms with Crippen LogP contribution in [0, 0.1) is 29.6 Å². The monoisotopic (exact) mass is 581 g/mol. The predicted octanol–water partition coefficient (Wildman–Crippen LogP) is 4.62. The van der Waals surface area contributed by atoms with E-state index in [1.807, 2.05) is 7.05 Å². The van der Waals surface area contributed by atoms with E-state index in [0.29, 0.717) is 36.0 Å². The third-order valence-electron chi connectivity index (χ3n) is 11.5. The number of nitrogens with one attached hydrogen (secondary N) is 2. The van der Waals surface area contributed by atoms with Crippen molar-refractivity contribution >= 4 is 19.5 Å². The summed E-state index contributed by atoms with van der Waals surface area (Å²) < 4.78 is 0. The molecule has 0 aromatic heterocycles. The number of hydrazine groups is 1. The van der Waals surface area contributed by atoms with Gasteiger partial charge in [0.25, 0.3) is 0 Å². The molecule has 2 saturated heterocycles. The maximum atomic E-state index is 14.3. The van der Waals surface area contributed by atoms with Crippen molar-refractivity contribution in [3.05, 3.63) is 12.7 Å². The standard InChI is InChI=1S/C30H54BN5O.C4H6O/c1-5-7-24-28-25(6-2)35(30(37)22-14-15-23(31)29(33-4)27(22)18(3)32)17-16-26(28)36(34-24)21-12-10-20(11-13-21)19-8-9-19;1-3-4(2)5/h18-29,33-34H,5-17,32H2,1-4H3;3H,1H2,2H3. The van der Waals surface area contributed by atoms with E-state index in [9.17, 15) is 9.59 Å². The van der Waals surface area contributed by atoms with E-state index in [0.717, 1.165) is 44.1 Å². The Morgan fingerprint density at radius 3 is 2.19 bits per heavy atom. The second kappa shape index (κ2) is 15.2. The molecule has 5 rings (SSSR count). The van der Waals surface area contributed by atoms with Gasteiger partial charge in [-0.05, 0) is 103 Å². The summed E-state index contributed by atoms with van der Waals surface area (Å²) in [5.41, 5.74) is 10.6. The molecule has 2 heterocycles. The normalized spacial score (nSPS) is 39.5. The first-order valence-corrected chi connectivity index (χ1v) is 17.3. The number of rotatable bonds is 9. The molecule has 236 valence electrons. The van der Waals surface area contributed by atoms with E-state index < -0.39 is 0 Å². The molecule has 0 spiro atoms. The lowest BCUT2D eigenvalue weighted by Crippen LogP contribution is -2.61. The molecule has 4 N–H and O–H groups in total. The number of carbonyl (C=O) groups excluding carboxylic acids is 2. The van der Waals surface area contributed by atoms with Gasteiger partial charge in [-0.2, -0.15) is 0 Å². The van der Waals surface area contributed by atoms with Gasteiger partial charge in [0.05, 0.1) is 7.85 Å². The van der Waals surface area contributed by atoms with Crippen molar-refractivity contribution in [2.75, 3.05) is 13.6 Å². The van der Waals surface area contributed by atoms with Gasteiger partial charge in [0.2, 0.25) is 5.91 Å². The van der Waals surface area contributed by atoms with Crippen molar-refractivity contribution in [3.63, 3.8) is 0 Å². The number of amides is 1. The zero-order valence-electron chi connectivity index (χ0n) is 27.3. The van der Waals surface area contributed by atoms with Gasteiger partial charge in [-0.15, -0.1) is 0 Å². The molecule has 0 aromatic carbocycles. The molecule has 42 heavy (non-hydrogen) atoms. The predicted molar refractivity (Wildman–Crippen MR) is 173 cm³/mol. The van der Waals surface area contributed by atoms with E-state index in [-0.39, 0.29) is 35.5 Å². The average Bonchev–Trinajstić information content (AvgIpc) is 3.78. The fraction of sp³-hybridized carbons (Fsp3) is 0.882. The minimum absolute atomic E-state index is 0.0185. The van der Waals surface area contributed by atoms with E-state index in [1.54, 1.807) is 0 Å². The van der Waals surface area contributed by atoms with Crippen LogP contribution in [-0.2, 0) is 9.59 Å². The van der Waals surface area contributed by atoms with Gasteiger partial charge in [0, 0.05) is 60.5 Å². The first-order valence-electron chi connectivity index (χ1n) is 17.3. The number of piperidine rings is 1. The van der Waals surface area contributed by atoms with Crippen molar-refractivity contribution in [1.82, 2.24) is 20.7 Å². The number of carbonyl (C=O) groups is 2. The molecule has 7 nitrogen and oxygen atoms in total. The number of nitrogens with zero attached hydrogens (tertiary/aromatic N) is 2. The number of ketones is 1. The van der Waals surface area contributed by atoms with Crippen LogP contribution >= 0.6 is 0 Å². The summed E-state index contributed by atoms with van der Waals surface area (Å²) in [4.78, 5) is 26.3. The highest BCUT2D eigenvalue weighted by atomic mass is 16.2. The second-order valence-corrected chi connectivity index (χ2v) is 14.2. The lowest BCUT2D eigenvalue weighted by Gasteiger charge is -2.50.